The van der Waals surface area contributed by atoms with Gasteiger partial charge in [-0.3, -0.25) is 9.78 Å². The van der Waals surface area contributed by atoms with Crippen LogP contribution < -0.4 is 15.0 Å². The highest BCUT2D eigenvalue weighted by Crippen LogP contribution is 2.23. The number of nitrogens with one attached hydrogen (secondary N) is 1. The Morgan fingerprint density at radius 3 is 2.92 bits per heavy atom. The van der Waals surface area contributed by atoms with Gasteiger partial charge in [0.25, 0.3) is 0 Å². The van der Waals surface area contributed by atoms with Crippen LogP contribution in [-0.2, 0) is 11.3 Å². The van der Waals surface area contributed by atoms with E-state index >= 15 is 0 Å². The quantitative estimate of drug-likeness (QED) is 0.856. The number of pyridine rings is 1. The van der Waals surface area contributed by atoms with Gasteiger partial charge in [-0.1, -0.05) is 13.8 Å². The van der Waals surface area contributed by atoms with Crippen molar-refractivity contribution in [3.63, 3.8) is 0 Å². The molecule has 0 saturated carbocycles. The van der Waals surface area contributed by atoms with Crippen molar-refractivity contribution >= 4 is 11.7 Å². The summed E-state index contributed by atoms with van der Waals surface area (Å²) in [4.78, 5) is 26.5. The molecule has 1 N–H and O–H groups in total. The number of ether oxygens (including phenoxy) is 1. The molecule has 1 aliphatic rings. The van der Waals surface area contributed by atoms with Gasteiger partial charge in [-0.2, -0.15) is 0 Å². The smallest absolute Gasteiger partial charge is 0.217 e. The first-order valence-corrected chi connectivity index (χ1v) is 8.95. The van der Waals surface area contributed by atoms with Gasteiger partial charge in [-0.25, -0.2) is 9.97 Å². The molecule has 0 radical (unpaired) electrons. The third kappa shape index (κ3) is 4.68. The molecule has 3 heterocycles. The molecular formula is C19H25N5O2. The first-order valence-electron chi connectivity index (χ1n) is 8.95. The number of rotatable bonds is 6. The molecule has 138 valence electrons. The largest absolute Gasteiger partial charge is 0.488 e. The van der Waals surface area contributed by atoms with E-state index in [1.807, 2.05) is 24.4 Å². The summed E-state index contributed by atoms with van der Waals surface area (Å²) in [5.41, 5.74) is 0.782. The van der Waals surface area contributed by atoms with E-state index in [2.05, 4.69) is 39.0 Å². The molecule has 0 aromatic carbocycles. The van der Waals surface area contributed by atoms with Crippen LogP contribution in [0.5, 0.6) is 5.75 Å². The highest BCUT2D eigenvalue weighted by atomic mass is 16.5. The van der Waals surface area contributed by atoms with E-state index in [-0.39, 0.29) is 12.0 Å². The third-order valence-electron chi connectivity index (χ3n) is 4.25. The number of hydrogen-bond acceptors (Lipinski definition) is 6. The molecule has 7 heteroatoms. The van der Waals surface area contributed by atoms with E-state index < -0.39 is 0 Å². The summed E-state index contributed by atoms with van der Waals surface area (Å²) in [6, 6.07) is 5.67. The average molecular weight is 355 g/mol. The molecule has 26 heavy (non-hydrogen) atoms. The Labute approximate surface area is 153 Å². The van der Waals surface area contributed by atoms with Crippen molar-refractivity contribution in [2.45, 2.75) is 45.8 Å². The SMILES string of the molecule is CC(=O)NCc1cc(OC2CCN(c3ccnc(C(C)C)n3)C2)ccn1. The third-order valence-corrected chi connectivity index (χ3v) is 4.25. The summed E-state index contributed by atoms with van der Waals surface area (Å²) in [7, 11) is 0. The normalized spacial score (nSPS) is 16.8. The summed E-state index contributed by atoms with van der Waals surface area (Å²) < 4.78 is 6.11. The minimum atomic E-state index is -0.0739. The lowest BCUT2D eigenvalue weighted by molar-refractivity contribution is -0.119. The lowest BCUT2D eigenvalue weighted by atomic mass is 10.2. The second-order valence-electron chi connectivity index (χ2n) is 6.79. The molecule has 7 nitrogen and oxygen atoms in total. The highest BCUT2D eigenvalue weighted by Gasteiger charge is 2.25. The molecule has 0 spiro atoms. The van der Waals surface area contributed by atoms with Crippen LogP contribution in [0.15, 0.2) is 30.6 Å². The van der Waals surface area contributed by atoms with E-state index in [4.69, 9.17) is 4.74 Å². The summed E-state index contributed by atoms with van der Waals surface area (Å²) in [5, 5.41) is 2.75. The molecule has 3 rings (SSSR count). The van der Waals surface area contributed by atoms with Crippen molar-refractivity contribution in [1.82, 2.24) is 20.3 Å². The van der Waals surface area contributed by atoms with Crippen molar-refractivity contribution in [2.24, 2.45) is 0 Å². The summed E-state index contributed by atoms with van der Waals surface area (Å²) in [6.07, 6.45) is 4.56. The molecule has 1 amide bonds. The van der Waals surface area contributed by atoms with Crippen LogP contribution in [0.1, 0.15) is 44.6 Å². The van der Waals surface area contributed by atoms with Crippen LogP contribution in [0.4, 0.5) is 5.82 Å². The lowest BCUT2D eigenvalue weighted by Gasteiger charge is -2.19. The van der Waals surface area contributed by atoms with Gasteiger partial charge in [0.15, 0.2) is 0 Å². The fourth-order valence-corrected chi connectivity index (χ4v) is 2.88. The van der Waals surface area contributed by atoms with Gasteiger partial charge in [-0.05, 0) is 12.1 Å². The standard InChI is InChI=1S/C19H25N5O2/c1-13(2)19-21-8-5-18(23-19)24-9-6-17(12-24)26-16-4-7-20-15(10-16)11-22-14(3)25/h4-5,7-8,10,13,17H,6,9,11-12H2,1-3H3,(H,22,25). The minimum Gasteiger partial charge on any atom is -0.488 e. The monoisotopic (exact) mass is 355 g/mol. The van der Waals surface area contributed by atoms with E-state index in [0.29, 0.717) is 12.5 Å². The first kappa shape index (κ1) is 18.1. The summed E-state index contributed by atoms with van der Waals surface area (Å²) in [5.74, 6) is 2.83. The number of nitrogens with zero attached hydrogens (tertiary/aromatic N) is 4. The zero-order valence-corrected chi connectivity index (χ0v) is 15.5. The van der Waals surface area contributed by atoms with Gasteiger partial charge in [-0.15, -0.1) is 0 Å². The van der Waals surface area contributed by atoms with Gasteiger partial charge < -0.3 is 15.0 Å². The molecule has 2 aromatic heterocycles. The van der Waals surface area contributed by atoms with Crippen molar-refractivity contribution in [2.75, 3.05) is 18.0 Å². The molecule has 1 fully saturated rings. The average Bonchev–Trinajstić information content (AvgIpc) is 3.09. The van der Waals surface area contributed by atoms with E-state index in [0.717, 1.165) is 42.6 Å². The van der Waals surface area contributed by atoms with Gasteiger partial charge in [0.2, 0.25) is 5.91 Å². The number of anilines is 1. The molecule has 1 atom stereocenters. The van der Waals surface area contributed by atoms with Crippen LogP contribution in [0.25, 0.3) is 0 Å². The van der Waals surface area contributed by atoms with Gasteiger partial charge >= 0.3 is 0 Å². The van der Waals surface area contributed by atoms with Crippen LogP contribution in [0.2, 0.25) is 0 Å². The number of carbonyl (C=O) groups is 1. The fourth-order valence-electron chi connectivity index (χ4n) is 2.88. The summed E-state index contributed by atoms with van der Waals surface area (Å²) >= 11 is 0. The van der Waals surface area contributed by atoms with Crippen LogP contribution in [-0.4, -0.2) is 40.1 Å². The predicted molar refractivity (Wildman–Crippen MR) is 99.1 cm³/mol. The van der Waals surface area contributed by atoms with Gasteiger partial charge in [0.05, 0.1) is 18.8 Å². The van der Waals surface area contributed by atoms with Gasteiger partial charge in [0, 0.05) is 44.3 Å². The second kappa shape index (κ2) is 8.12. The molecule has 0 aliphatic carbocycles. The highest BCUT2D eigenvalue weighted by molar-refractivity contribution is 5.72. The Hall–Kier alpha value is -2.70. The molecule has 1 aliphatic heterocycles. The lowest BCUT2D eigenvalue weighted by Crippen LogP contribution is -2.25. The van der Waals surface area contributed by atoms with Crippen molar-refractivity contribution in [3.8, 4) is 5.75 Å². The van der Waals surface area contributed by atoms with E-state index in [1.54, 1.807) is 6.20 Å². The molecule has 1 saturated heterocycles. The predicted octanol–water partition coefficient (Wildman–Crippen LogP) is 2.29. The number of amides is 1. The van der Waals surface area contributed by atoms with Crippen LogP contribution in [0.3, 0.4) is 0 Å². The van der Waals surface area contributed by atoms with E-state index in [9.17, 15) is 4.79 Å². The molecule has 1 unspecified atom stereocenters. The number of hydrogen-bond donors (Lipinski definition) is 1. The zero-order chi connectivity index (χ0) is 18.5. The Morgan fingerprint density at radius 2 is 2.15 bits per heavy atom. The van der Waals surface area contributed by atoms with Crippen LogP contribution >= 0.6 is 0 Å². The molecule has 0 bridgehead atoms. The maximum atomic E-state index is 11.0. The molecular weight excluding hydrogens is 330 g/mol. The first-order chi connectivity index (χ1) is 12.5. The van der Waals surface area contributed by atoms with Gasteiger partial charge in [0.1, 0.15) is 23.5 Å². The molecule has 2 aromatic rings. The fraction of sp³-hybridized carbons (Fsp3) is 0.474. The Morgan fingerprint density at radius 1 is 1.35 bits per heavy atom. The Balaban J connectivity index is 1.60. The zero-order valence-electron chi connectivity index (χ0n) is 15.5. The Kier molecular flexibility index (Phi) is 5.65. The maximum Gasteiger partial charge on any atom is 0.217 e. The number of aromatic nitrogens is 3. The van der Waals surface area contributed by atoms with Crippen molar-refractivity contribution in [3.05, 3.63) is 42.1 Å². The van der Waals surface area contributed by atoms with E-state index in [1.165, 1.54) is 6.92 Å². The summed E-state index contributed by atoms with van der Waals surface area (Å²) in [6.45, 7) is 7.78. The van der Waals surface area contributed by atoms with Crippen molar-refractivity contribution in [1.29, 1.82) is 0 Å². The van der Waals surface area contributed by atoms with Crippen LogP contribution in [0, 0.1) is 0 Å². The van der Waals surface area contributed by atoms with Crippen molar-refractivity contribution < 1.29 is 9.53 Å². The minimum absolute atomic E-state index is 0.0739. The Bertz CT molecular complexity index is 765. The second-order valence-corrected chi connectivity index (χ2v) is 6.79. The topological polar surface area (TPSA) is 80.2 Å². The number of carbonyl (C=O) groups excluding carboxylic acids is 1. The maximum absolute atomic E-state index is 11.0.